The molecule has 14 heavy (non-hydrogen) atoms. The highest BCUT2D eigenvalue weighted by molar-refractivity contribution is 7.80. The zero-order chi connectivity index (χ0) is 9.97. The van der Waals surface area contributed by atoms with Crippen LogP contribution in [0.2, 0.25) is 0 Å². The number of hydrogen-bond donors (Lipinski definition) is 1. The van der Waals surface area contributed by atoms with Crippen LogP contribution in [0.5, 0.6) is 0 Å². The molecule has 0 aliphatic carbocycles. The van der Waals surface area contributed by atoms with Crippen molar-refractivity contribution in [2.75, 3.05) is 5.75 Å². The lowest BCUT2D eigenvalue weighted by Gasteiger charge is -1.88. The molecular formula is C11H9NOS. The molecule has 2 rings (SSSR count). The molecular weight excluding hydrogens is 194 g/mol. The van der Waals surface area contributed by atoms with Gasteiger partial charge in [-0.05, 0) is 18.2 Å². The lowest BCUT2D eigenvalue weighted by Crippen LogP contribution is -1.74. The van der Waals surface area contributed by atoms with Gasteiger partial charge in [0.1, 0.15) is 5.52 Å². The Bertz CT molecular complexity index is 519. The van der Waals surface area contributed by atoms with Gasteiger partial charge in [0.15, 0.2) is 11.5 Å². The monoisotopic (exact) mass is 203 g/mol. The Hall–Kier alpha value is -1.40. The number of thiol groups is 1. The van der Waals surface area contributed by atoms with Gasteiger partial charge in [0.25, 0.3) is 0 Å². The molecule has 1 aromatic carbocycles. The fourth-order valence-electron chi connectivity index (χ4n) is 1.26. The quantitative estimate of drug-likeness (QED) is 0.525. The zero-order valence-corrected chi connectivity index (χ0v) is 8.64. The molecule has 2 nitrogen and oxygen atoms in total. The van der Waals surface area contributed by atoms with Crippen molar-refractivity contribution < 1.29 is 4.42 Å². The number of rotatable bonds is 0. The van der Waals surface area contributed by atoms with Gasteiger partial charge in [0.05, 0.1) is 5.75 Å². The van der Waals surface area contributed by atoms with Gasteiger partial charge < -0.3 is 4.42 Å². The van der Waals surface area contributed by atoms with Crippen LogP contribution < -0.4 is 0 Å². The van der Waals surface area contributed by atoms with E-state index in [-0.39, 0.29) is 0 Å². The molecule has 0 spiro atoms. The molecule has 1 heterocycles. The third-order valence-electron chi connectivity index (χ3n) is 1.81. The lowest BCUT2D eigenvalue weighted by atomic mass is 10.2. The van der Waals surface area contributed by atoms with E-state index < -0.39 is 0 Å². The van der Waals surface area contributed by atoms with Crippen molar-refractivity contribution in [1.82, 2.24) is 4.98 Å². The van der Waals surface area contributed by atoms with Crippen LogP contribution in [0.3, 0.4) is 0 Å². The molecule has 0 amide bonds. The fraction of sp³-hybridized carbons (Fsp3) is 0.182. The summed E-state index contributed by atoms with van der Waals surface area (Å²) in [5.41, 5.74) is 2.59. The fourth-order valence-corrected chi connectivity index (χ4v) is 1.34. The van der Waals surface area contributed by atoms with E-state index in [4.69, 9.17) is 4.42 Å². The second-order valence-corrected chi connectivity index (χ2v) is 3.19. The summed E-state index contributed by atoms with van der Waals surface area (Å²) in [4.78, 5) is 4.20. The highest BCUT2D eigenvalue weighted by Crippen LogP contribution is 2.16. The van der Waals surface area contributed by atoms with Crippen LogP contribution in [0, 0.1) is 18.8 Å². The van der Waals surface area contributed by atoms with Gasteiger partial charge in [-0.3, -0.25) is 0 Å². The number of nitrogens with zero attached hydrogens (tertiary/aromatic N) is 1. The summed E-state index contributed by atoms with van der Waals surface area (Å²) in [6.45, 7) is 1.83. The molecule has 0 fully saturated rings. The molecule has 0 aliphatic rings. The highest BCUT2D eigenvalue weighted by atomic mass is 32.1. The molecule has 0 aliphatic heterocycles. The third kappa shape index (κ3) is 1.75. The maximum absolute atomic E-state index is 5.39. The smallest absolute Gasteiger partial charge is 0.192 e. The van der Waals surface area contributed by atoms with E-state index in [1.807, 2.05) is 25.1 Å². The van der Waals surface area contributed by atoms with Gasteiger partial charge in [-0.1, -0.05) is 11.8 Å². The first kappa shape index (κ1) is 9.17. The van der Waals surface area contributed by atoms with Crippen LogP contribution in [-0.4, -0.2) is 10.7 Å². The number of oxazole rings is 1. The van der Waals surface area contributed by atoms with Gasteiger partial charge in [0, 0.05) is 12.5 Å². The van der Waals surface area contributed by atoms with Crippen molar-refractivity contribution in [3.63, 3.8) is 0 Å². The number of benzene rings is 1. The van der Waals surface area contributed by atoms with Gasteiger partial charge >= 0.3 is 0 Å². The molecule has 0 unspecified atom stereocenters. The molecule has 0 bridgehead atoms. The first-order valence-electron chi connectivity index (χ1n) is 4.26. The number of hydrogen-bond acceptors (Lipinski definition) is 3. The third-order valence-corrected chi connectivity index (χ3v) is 1.97. The predicted molar refractivity (Wildman–Crippen MR) is 59.5 cm³/mol. The minimum atomic E-state index is 0.563. The largest absolute Gasteiger partial charge is 0.441 e. The first-order chi connectivity index (χ1) is 6.79. The summed E-state index contributed by atoms with van der Waals surface area (Å²) >= 11 is 4.02. The maximum Gasteiger partial charge on any atom is 0.192 e. The maximum atomic E-state index is 5.39. The van der Waals surface area contributed by atoms with E-state index in [0.717, 1.165) is 16.7 Å². The van der Waals surface area contributed by atoms with Crippen LogP contribution in [-0.2, 0) is 0 Å². The second-order valence-electron chi connectivity index (χ2n) is 2.88. The van der Waals surface area contributed by atoms with Crippen molar-refractivity contribution in [3.05, 3.63) is 29.7 Å². The van der Waals surface area contributed by atoms with Crippen LogP contribution >= 0.6 is 12.6 Å². The number of aromatic nitrogens is 1. The summed E-state index contributed by atoms with van der Waals surface area (Å²) in [7, 11) is 0. The average molecular weight is 203 g/mol. The Morgan fingerprint density at radius 1 is 1.50 bits per heavy atom. The van der Waals surface area contributed by atoms with E-state index in [1.54, 1.807) is 0 Å². The number of fused-ring (bicyclic) bond motifs is 1. The van der Waals surface area contributed by atoms with Crippen LogP contribution in [0.4, 0.5) is 0 Å². The Labute approximate surface area is 87.7 Å². The normalized spacial score (nSPS) is 9.86. The van der Waals surface area contributed by atoms with Crippen LogP contribution in [0.15, 0.2) is 22.6 Å². The van der Waals surface area contributed by atoms with Crippen molar-refractivity contribution >= 4 is 23.7 Å². The van der Waals surface area contributed by atoms with Gasteiger partial charge in [-0.2, -0.15) is 12.6 Å². The molecule has 1 aromatic heterocycles. The van der Waals surface area contributed by atoms with Crippen molar-refractivity contribution in [2.45, 2.75) is 6.92 Å². The van der Waals surface area contributed by atoms with Crippen LogP contribution in [0.25, 0.3) is 11.1 Å². The molecule has 0 saturated heterocycles. The molecule has 0 saturated carbocycles. The van der Waals surface area contributed by atoms with Crippen LogP contribution in [0.1, 0.15) is 11.5 Å². The van der Waals surface area contributed by atoms with Gasteiger partial charge in [0.2, 0.25) is 0 Å². The molecule has 2 aromatic rings. The Morgan fingerprint density at radius 2 is 2.36 bits per heavy atom. The lowest BCUT2D eigenvalue weighted by molar-refractivity contribution is 0.561. The SMILES string of the molecule is Cc1nc2ccc(C#CCS)cc2o1. The summed E-state index contributed by atoms with van der Waals surface area (Å²) < 4.78 is 5.39. The first-order valence-corrected chi connectivity index (χ1v) is 4.90. The van der Waals surface area contributed by atoms with E-state index in [2.05, 4.69) is 29.5 Å². The zero-order valence-electron chi connectivity index (χ0n) is 7.74. The molecule has 0 N–H and O–H groups in total. The van der Waals surface area contributed by atoms with Crippen molar-refractivity contribution in [3.8, 4) is 11.8 Å². The minimum Gasteiger partial charge on any atom is -0.441 e. The Morgan fingerprint density at radius 3 is 3.14 bits per heavy atom. The molecule has 0 atom stereocenters. The van der Waals surface area contributed by atoms with E-state index in [9.17, 15) is 0 Å². The second kappa shape index (κ2) is 3.77. The topological polar surface area (TPSA) is 26.0 Å². The van der Waals surface area contributed by atoms with E-state index in [0.29, 0.717) is 11.6 Å². The highest BCUT2D eigenvalue weighted by Gasteiger charge is 2.01. The van der Waals surface area contributed by atoms with Crippen molar-refractivity contribution in [2.24, 2.45) is 0 Å². The van der Waals surface area contributed by atoms with Gasteiger partial charge in [-0.25, -0.2) is 4.98 Å². The summed E-state index contributed by atoms with van der Waals surface area (Å²) in [5.74, 6) is 7.11. The number of aryl methyl sites for hydroxylation is 1. The summed E-state index contributed by atoms with van der Waals surface area (Å²) in [6.07, 6.45) is 0. The molecule has 0 radical (unpaired) electrons. The van der Waals surface area contributed by atoms with E-state index >= 15 is 0 Å². The standard InChI is InChI=1S/C11H9NOS/c1-8-12-10-5-4-9(3-2-6-14)7-11(10)13-8/h4-5,7,14H,6H2,1H3. The summed E-state index contributed by atoms with van der Waals surface area (Å²) in [5, 5.41) is 0. The minimum absolute atomic E-state index is 0.563. The Balaban J connectivity index is 2.50. The summed E-state index contributed by atoms with van der Waals surface area (Å²) in [6, 6.07) is 5.74. The molecule has 70 valence electrons. The average Bonchev–Trinajstić information content (AvgIpc) is 2.54. The molecule has 3 heteroatoms. The van der Waals surface area contributed by atoms with E-state index in [1.165, 1.54) is 0 Å². The van der Waals surface area contributed by atoms with Gasteiger partial charge in [-0.15, -0.1) is 0 Å². The van der Waals surface area contributed by atoms with Crippen molar-refractivity contribution in [1.29, 1.82) is 0 Å². The predicted octanol–water partition coefficient (Wildman–Crippen LogP) is 2.42. The Kier molecular flexibility index (Phi) is 2.47.